The summed E-state index contributed by atoms with van der Waals surface area (Å²) in [6, 6.07) is 11.1. The topological polar surface area (TPSA) is 59.4 Å². The fourth-order valence-electron chi connectivity index (χ4n) is 1.79. The Kier molecular flexibility index (Phi) is 5.63. The lowest BCUT2D eigenvalue weighted by Crippen LogP contribution is -2.02. The minimum atomic E-state index is -0.943. The Bertz CT molecular complexity index is 616. The van der Waals surface area contributed by atoms with Gasteiger partial charge < -0.3 is 9.84 Å². The summed E-state index contributed by atoms with van der Waals surface area (Å²) in [6.07, 6.45) is 2.44. The fourth-order valence-corrected chi connectivity index (χ4v) is 2.69. The highest BCUT2D eigenvalue weighted by atomic mass is 32.2. The Hall–Kier alpha value is -2.01. The van der Waals surface area contributed by atoms with Gasteiger partial charge in [-0.15, -0.1) is 11.8 Å². The summed E-state index contributed by atoms with van der Waals surface area (Å²) in [7, 11) is 0. The predicted molar refractivity (Wildman–Crippen MR) is 83.2 cm³/mol. The van der Waals surface area contributed by atoms with Crippen molar-refractivity contribution in [2.45, 2.75) is 18.4 Å². The largest absolute Gasteiger partial charge is 0.494 e. The molecule has 0 atom stereocenters. The van der Waals surface area contributed by atoms with Crippen LogP contribution in [0.4, 0.5) is 0 Å². The molecule has 1 N–H and O–H groups in total. The molecule has 0 aliphatic heterocycles. The van der Waals surface area contributed by atoms with Crippen LogP contribution in [0.25, 0.3) is 0 Å². The van der Waals surface area contributed by atoms with Gasteiger partial charge in [0, 0.05) is 11.9 Å². The molecule has 0 unspecified atom stereocenters. The van der Waals surface area contributed by atoms with E-state index in [0.29, 0.717) is 11.6 Å². The van der Waals surface area contributed by atoms with Crippen LogP contribution in [-0.4, -0.2) is 28.4 Å². The second-order valence-electron chi connectivity index (χ2n) is 4.53. The normalized spacial score (nSPS) is 10.3. The minimum Gasteiger partial charge on any atom is -0.494 e. The first-order valence-corrected chi connectivity index (χ1v) is 7.66. The van der Waals surface area contributed by atoms with E-state index < -0.39 is 5.97 Å². The third-order valence-corrected chi connectivity index (χ3v) is 3.88. The maximum absolute atomic E-state index is 11.0. The Morgan fingerprint density at radius 1 is 1.33 bits per heavy atom. The van der Waals surface area contributed by atoms with Gasteiger partial charge in [0.15, 0.2) is 0 Å². The van der Waals surface area contributed by atoms with E-state index in [0.717, 1.165) is 17.9 Å². The molecule has 0 spiro atoms. The molecule has 1 aromatic carbocycles. The maximum Gasteiger partial charge on any atom is 0.338 e. The number of aromatic carboxylic acids is 1. The third-order valence-electron chi connectivity index (χ3n) is 2.79. The van der Waals surface area contributed by atoms with E-state index in [2.05, 4.69) is 4.98 Å². The summed E-state index contributed by atoms with van der Waals surface area (Å²) in [5.41, 5.74) is 1.42. The summed E-state index contributed by atoms with van der Waals surface area (Å²) in [4.78, 5) is 15.2. The van der Waals surface area contributed by atoms with Gasteiger partial charge in [-0.25, -0.2) is 9.78 Å². The van der Waals surface area contributed by atoms with Crippen molar-refractivity contribution in [2.24, 2.45) is 0 Å². The van der Waals surface area contributed by atoms with Crippen molar-refractivity contribution < 1.29 is 14.6 Å². The van der Waals surface area contributed by atoms with E-state index in [9.17, 15) is 4.79 Å². The van der Waals surface area contributed by atoms with Gasteiger partial charge in [-0.3, -0.25) is 0 Å². The van der Waals surface area contributed by atoms with Crippen molar-refractivity contribution in [1.29, 1.82) is 0 Å². The number of hydrogen-bond acceptors (Lipinski definition) is 4. The molecule has 5 heteroatoms. The van der Waals surface area contributed by atoms with E-state index >= 15 is 0 Å². The molecule has 0 radical (unpaired) electrons. The smallest absolute Gasteiger partial charge is 0.338 e. The third kappa shape index (κ3) is 4.79. The van der Waals surface area contributed by atoms with Crippen molar-refractivity contribution >= 4 is 17.7 Å². The number of carbonyl (C=O) groups is 1. The lowest BCUT2D eigenvalue weighted by molar-refractivity contribution is 0.0692. The molecule has 1 heterocycles. The summed E-state index contributed by atoms with van der Waals surface area (Å²) in [5, 5.41) is 9.62. The zero-order chi connectivity index (χ0) is 15.1. The number of aryl methyl sites for hydroxylation is 1. The molecule has 21 heavy (non-hydrogen) atoms. The highest BCUT2D eigenvalue weighted by molar-refractivity contribution is 7.99. The van der Waals surface area contributed by atoms with E-state index in [1.807, 2.05) is 31.2 Å². The number of carboxylic acids is 1. The van der Waals surface area contributed by atoms with Crippen LogP contribution in [0.3, 0.4) is 0 Å². The van der Waals surface area contributed by atoms with Crippen molar-refractivity contribution in [3.8, 4) is 5.75 Å². The standard InChI is InChI=1S/C16H17NO3S/c1-12-5-2-6-13(11-12)20-9-4-10-21-15-14(16(18)19)7-3-8-17-15/h2-3,5-8,11H,4,9-10H2,1H3,(H,18,19). The molecule has 2 rings (SSSR count). The van der Waals surface area contributed by atoms with Gasteiger partial charge in [0.2, 0.25) is 0 Å². The molecule has 0 saturated carbocycles. The van der Waals surface area contributed by atoms with Gasteiger partial charge in [0.1, 0.15) is 10.8 Å². The van der Waals surface area contributed by atoms with E-state index in [1.54, 1.807) is 18.3 Å². The number of aromatic nitrogens is 1. The van der Waals surface area contributed by atoms with Crippen LogP contribution in [0.2, 0.25) is 0 Å². The number of benzene rings is 1. The molecule has 0 amide bonds. The predicted octanol–water partition coefficient (Wildman–Crippen LogP) is 3.65. The van der Waals surface area contributed by atoms with Crippen LogP contribution < -0.4 is 4.74 Å². The van der Waals surface area contributed by atoms with Gasteiger partial charge in [0.25, 0.3) is 0 Å². The Morgan fingerprint density at radius 2 is 2.19 bits per heavy atom. The van der Waals surface area contributed by atoms with Gasteiger partial charge >= 0.3 is 5.97 Å². The Morgan fingerprint density at radius 3 is 2.95 bits per heavy atom. The van der Waals surface area contributed by atoms with Gasteiger partial charge in [0.05, 0.1) is 12.2 Å². The average Bonchev–Trinajstić information content (AvgIpc) is 2.47. The summed E-state index contributed by atoms with van der Waals surface area (Å²) in [6.45, 7) is 2.63. The average molecular weight is 303 g/mol. The zero-order valence-electron chi connectivity index (χ0n) is 11.8. The molecule has 1 aromatic heterocycles. The number of pyridine rings is 1. The van der Waals surface area contributed by atoms with E-state index in [1.165, 1.54) is 17.3 Å². The summed E-state index contributed by atoms with van der Waals surface area (Å²) < 4.78 is 5.65. The SMILES string of the molecule is Cc1cccc(OCCCSc2ncccc2C(=O)O)c1. The van der Waals surface area contributed by atoms with Crippen LogP contribution in [-0.2, 0) is 0 Å². The van der Waals surface area contributed by atoms with Crippen LogP contribution in [0, 0.1) is 6.92 Å². The first-order valence-electron chi connectivity index (χ1n) is 6.67. The second kappa shape index (κ2) is 7.69. The number of nitrogens with zero attached hydrogens (tertiary/aromatic N) is 1. The van der Waals surface area contributed by atoms with Crippen LogP contribution in [0.5, 0.6) is 5.75 Å². The van der Waals surface area contributed by atoms with Crippen molar-refractivity contribution in [1.82, 2.24) is 4.98 Å². The first-order chi connectivity index (χ1) is 10.2. The zero-order valence-corrected chi connectivity index (χ0v) is 12.6. The molecular weight excluding hydrogens is 286 g/mol. The van der Waals surface area contributed by atoms with Crippen molar-refractivity contribution in [3.63, 3.8) is 0 Å². The van der Waals surface area contributed by atoms with Gasteiger partial charge in [-0.1, -0.05) is 12.1 Å². The number of ether oxygens (including phenoxy) is 1. The quantitative estimate of drug-likeness (QED) is 0.625. The molecule has 110 valence electrons. The van der Waals surface area contributed by atoms with Crippen molar-refractivity contribution in [3.05, 3.63) is 53.7 Å². The van der Waals surface area contributed by atoms with Gasteiger partial charge in [-0.2, -0.15) is 0 Å². The van der Waals surface area contributed by atoms with Gasteiger partial charge in [-0.05, 0) is 43.2 Å². The Labute approximate surface area is 128 Å². The highest BCUT2D eigenvalue weighted by Gasteiger charge is 2.10. The number of hydrogen-bond donors (Lipinski definition) is 1. The highest BCUT2D eigenvalue weighted by Crippen LogP contribution is 2.21. The summed E-state index contributed by atoms with van der Waals surface area (Å²) in [5.74, 6) is 0.689. The van der Waals surface area contributed by atoms with Crippen LogP contribution >= 0.6 is 11.8 Å². The summed E-state index contributed by atoms with van der Waals surface area (Å²) >= 11 is 1.44. The lowest BCUT2D eigenvalue weighted by atomic mass is 10.2. The molecule has 0 aliphatic rings. The number of thioether (sulfide) groups is 1. The molecule has 4 nitrogen and oxygen atoms in total. The van der Waals surface area contributed by atoms with E-state index in [4.69, 9.17) is 9.84 Å². The minimum absolute atomic E-state index is 0.252. The fraction of sp³-hybridized carbons (Fsp3) is 0.250. The van der Waals surface area contributed by atoms with Crippen LogP contribution in [0.1, 0.15) is 22.3 Å². The molecule has 0 bridgehead atoms. The van der Waals surface area contributed by atoms with Crippen molar-refractivity contribution in [2.75, 3.05) is 12.4 Å². The Balaban J connectivity index is 1.76. The van der Waals surface area contributed by atoms with E-state index in [-0.39, 0.29) is 5.56 Å². The molecule has 2 aromatic rings. The van der Waals surface area contributed by atoms with Crippen LogP contribution in [0.15, 0.2) is 47.6 Å². The maximum atomic E-state index is 11.0. The number of carboxylic acid groups (broad SMARTS) is 1. The monoisotopic (exact) mass is 303 g/mol. The lowest BCUT2D eigenvalue weighted by Gasteiger charge is -2.07. The number of rotatable bonds is 7. The molecule has 0 saturated heterocycles. The molecular formula is C16H17NO3S. The first kappa shape index (κ1) is 15.4. The molecule has 0 fully saturated rings. The molecule has 0 aliphatic carbocycles. The second-order valence-corrected chi connectivity index (χ2v) is 5.61.